The molecule has 5 heteroatoms. The van der Waals surface area contributed by atoms with Crippen LogP contribution in [0.25, 0.3) is 5.69 Å². The van der Waals surface area contributed by atoms with Crippen molar-refractivity contribution in [3.8, 4) is 5.69 Å². The highest BCUT2D eigenvalue weighted by Crippen LogP contribution is 2.22. The van der Waals surface area contributed by atoms with E-state index in [1.807, 2.05) is 48.9 Å². The van der Waals surface area contributed by atoms with Gasteiger partial charge in [-0.15, -0.1) is 0 Å². The third-order valence-corrected chi connectivity index (χ3v) is 3.34. The summed E-state index contributed by atoms with van der Waals surface area (Å²) in [6.45, 7) is 3.93. The van der Waals surface area contributed by atoms with Gasteiger partial charge in [0, 0.05) is 11.9 Å². The van der Waals surface area contributed by atoms with Gasteiger partial charge in [0.05, 0.1) is 11.4 Å². The van der Waals surface area contributed by atoms with Gasteiger partial charge >= 0.3 is 5.97 Å². The Kier molecular flexibility index (Phi) is 3.72. The van der Waals surface area contributed by atoms with Crippen LogP contribution in [0, 0.1) is 13.8 Å². The zero-order chi connectivity index (χ0) is 13.1. The largest absolute Gasteiger partial charge is 0.481 e. The molecule has 0 radical (unpaired) electrons. The topological polar surface area (TPSA) is 55.1 Å². The number of rotatable bonds is 4. The summed E-state index contributed by atoms with van der Waals surface area (Å²) in [5.74, 6) is -0.820. The summed E-state index contributed by atoms with van der Waals surface area (Å²) in [6.07, 6.45) is 1.92. The Morgan fingerprint density at radius 2 is 2.22 bits per heavy atom. The lowest BCUT2D eigenvalue weighted by Gasteiger charge is -2.07. The quantitative estimate of drug-likeness (QED) is 0.861. The van der Waals surface area contributed by atoms with Crippen LogP contribution >= 0.6 is 11.8 Å². The number of carbonyl (C=O) groups is 1. The van der Waals surface area contributed by atoms with Crippen molar-refractivity contribution in [2.75, 3.05) is 5.75 Å². The standard InChI is InChI=1S/C13H14N2O2S/c1-9-4-3-5-11(6-9)15-7-10(2)14-13(15)18-8-12(16)17/h3-7H,8H2,1-2H3,(H,16,17). The van der Waals surface area contributed by atoms with E-state index >= 15 is 0 Å². The first-order valence-corrected chi connectivity index (χ1v) is 6.52. The Morgan fingerprint density at radius 1 is 1.44 bits per heavy atom. The van der Waals surface area contributed by atoms with Crippen LogP contribution in [0.5, 0.6) is 0 Å². The molecule has 0 aliphatic carbocycles. The van der Waals surface area contributed by atoms with Crippen molar-refractivity contribution in [2.24, 2.45) is 0 Å². The Morgan fingerprint density at radius 3 is 2.89 bits per heavy atom. The Balaban J connectivity index is 2.35. The number of hydrogen-bond acceptors (Lipinski definition) is 3. The van der Waals surface area contributed by atoms with Crippen molar-refractivity contribution in [2.45, 2.75) is 19.0 Å². The van der Waals surface area contributed by atoms with E-state index in [9.17, 15) is 4.79 Å². The van der Waals surface area contributed by atoms with Gasteiger partial charge in [0.25, 0.3) is 0 Å². The fourth-order valence-corrected chi connectivity index (χ4v) is 2.42. The summed E-state index contributed by atoms with van der Waals surface area (Å²) in [5.41, 5.74) is 3.04. The second-order valence-electron chi connectivity index (χ2n) is 4.06. The average Bonchev–Trinajstić information content (AvgIpc) is 2.68. The molecule has 0 spiro atoms. The number of aryl methyl sites for hydroxylation is 2. The number of nitrogens with zero attached hydrogens (tertiary/aromatic N) is 2. The van der Waals surface area contributed by atoms with Gasteiger partial charge in [-0.2, -0.15) is 0 Å². The van der Waals surface area contributed by atoms with Gasteiger partial charge in [0.1, 0.15) is 0 Å². The zero-order valence-corrected chi connectivity index (χ0v) is 11.1. The van der Waals surface area contributed by atoms with Crippen molar-refractivity contribution in [1.29, 1.82) is 0 Å². The smallest absolute Gasteiger partial charge is 0.313 e. The van der Waals surface area contributed by atoms with Gasteiger partial charge in [-0.25, -0.2) is 4.98 Å². The lowest BCUT2D eigenvalue weighted by Crippen LogP contribution is -2.01. The van der Waals surface area contributed by atoms with Crippen LogP contribution in [0.15, 0.2) is 35.6 Å². The first kappa shape index (κ1) is 12.7. The normalized spacial score (nSPS) is 10.6. The third kappa shape index (κ3) is 2.92. The molecule has 0 bridgehead atoms. The number of imidazole rings is 1. The lowest BCUT2D eigenvalue weighted by molar-refractivity contribution is -0.133. The first-order chi connectivity index (χ1) is 8.56. The molecule has 2 aromatic rings. The highest BCUT2D eigenvalue weighted by Gasteiger charge is 2.10. The zero-order valence-electron chi connectivity index (χ0n) is 10.3. The fourth-order valence-electron chi connectivity index (χ4n) is 1.67. The molecule has 1 aromatic carbocycles. The molecule has 4 nitrogen and oxygen atoms in total. The van der Waals surface area contributed by atoms with E-state index in [1.54, 1.807) is 0 Å². The molecule has 0 atom stereocenters. The minimum absolute atomic E-state index is 0.0161. The molecule has 18 heavy (non-hydrogen) atoms. The highest BCUT2D eigenvalue weighted by atomic mass is 32.2. The maximum Gasteiger partial charge on any atom is 0.313 e. The third-order valence-electron chi connectivity index (χ3n) is 2.40. The molecule has 1 heterocycles. The molecule has 0 aliphatic heterocycles. The molecule has 0 fully saturated rings. The van der Waals surface area contributed by atoms with E-state index < -0.39 is 5.97 Å². The van der Waals surface area contributed by atoms with Crippen LogP contribution in [0.3, 0.4) is 0 Å². The second kappa shape index (κ2) is 5.27. The van der Waals surface area contributed by atoms with Crippen LogP contribution in [0.1, 0.15) is 11.3 Å². The van der Waals surface area contributed by atoms with E-state index in [2.05, 4.69) is 4.98 Å². The lowest BCUT2D eigenvalue weighted by atomic mass is 10.2. The predicted octanol–water partition coefficient (Wildman–Crippen LogP) is 2.67. The molecule has 2 rings (SSSR count). The van der Waals surface area contributed by atoms with Crippen LogP contribution in [0.2, 0.25) is 0 Å². The maximum atomic E-state index is 10.6. The van der Waals surface area contributed by atoms with Crippen molar-refractivity contribution < 1.29 is 9.90 Å². The van der Waals surface area contributed by atoms with E-state index in [4.69, 9.17) is 5.11 Å². The molecular weight excluding hydrogens is 248 g/mol. The Hall–Kier alpha value is -1.75. The van der Waals surface area contributed by atoms with Crippen LogP contribution in [-0.4, -0.2) is 26.4 Å². The van der Waals surface area contributed by atoms with Crippen LogP contribution in [-0.2, 0) is 4.79 Å². The minimum atomic E-state index is -0.837. The summed E-state index contributed by atoms with van der Waals surface area (Å²) < 4.78 is 1.93. The second-order valence-corrected chi connectivity index (χ2v) is 5.00. The van der Waals surface area contributed by atoms with Crippen molar-refractivity contribution in [3.63, 3.8) is 0 Å². The molecule has 0 aliphatic rings. The minimum Gasteiger partial charge on any atom is -0.481 e. The number of aliphatic carboxylic acids is 1. The van der Waals surface area contributed by atoms with Crippen LogP contribution in [0.4, 0.5) is 0 Å². The van der Waals surface area contributed by atoms with E-state index in [0.29, 0.717) is 5.16 Å². The molecule has 0 saturated carbocycles. The summed E-state index contributed by atoms with van der Waals surface area (Å²) in [5, 5.41) is 9.44. The number of aromatic nitrogens is 2. The monoisotopic (exact) mass is 262 g/mol. The van der Waals surface area contributed by atoms with E-state index in [-0.39, 0.29) is 5.75 Å². The molecule has 0 saturated heterocycles. The Labute approximate surface area is 110 Å². The molecule has 1 N–H and O–H groups in total. The number of thioether (sulfide) groups is 1. The van der Waals surface area contributed by atoms with Crippen molar-refractivity contribution >= 4 is 17.7 Å². The van der Waals surface area contributed by atoms with Crippen LogP contribution < -0.4 is 0 Å². The van der Waals surface area contributed by atoms with Gasteiger partial charge in [-0.1, -0.05) is 23.9 Å². The molecule has 0 unspecified atom stereocenters. The summed E-state index contributed by atoms with van der Waals surface area (Å²) >= 11 is 1.23. The van der Waals surface area contributed by atoms with E-state index in [1.165, 1.54) is 11.8 Å². The van der Waals surface area contributed by atoms with Gasteiger partial charge in [-0.3, -0.25) is 9.36 Å². The SMILES string of the molecule is Cc1cccc(-n2cc(C)nc2SCC(=O)O)c1. The maximum absolute atomic E-state index is 10.6. The fraction of sp³-hybridized carbons (Fsp3) is 0.231. The van der Waals surface area contributed by atoms with E-state index in [0.717, 1.165) is 16.9 Å². The Bertz CT molecular complexity index is 578. The molecule has 0 amide bonds. The molecular formula is C13H14N2O2S. The molecule has 94 valence electrons. The van der Waals surface area contributed by atoms with Gasteiger partial charge in [0.15, 0.2) is 5.16 Å². The number of hydrogen-bond donors (Lipinski definition) is 1. The van der Waals surface area contributed by atoms with Crippen molar-refractivity contribution in [3.05, 3.63) is 41.7 Å². The molecule has 1 aromatic heterocycles. The predicted molar refractivity (Wildman–Crippen MR) is 71.4 cm³/mol. The summed E-state index contributed by atoms with van der Waals surface area (Å²) in [7, 11) is 0. The summed E-state index contributed by atoms with van der Waals surface area (Å²) in [6, 6.07) is 8.04. The summed E-state index contributed by atoms with van der Waals surface area (Å²) in [4.78, 5) is 15.0. The van der Waals surface area contributed by atoms with Gasteiger partial charge in [-0.05, 0) is 31.5 Å². The first-order valence-electron chi connectivity index (χ1n) is 5.54. The number of carboxylic acid groups (broad SMARTS) is 1. The van der Waals surface area contributed by atoms with Crippen molar-refractivity contribution in [1.82, 2.24) is 9.55 Å². The highest BCUT2D eigenvalue weighted by molar-refractivity contribution is 7.99. The number of carboxylic acids is 1. The van der Waals surface area contributed by atoms with Gasteiger partial charge in [0.2, 0.25) is 0 Å². The average molecular weight is 262 g/mol. The number of benzene rings is 1. The van der Waals surface area contributed by atoms with Gasteiger partial charge < -0.3 is 5.11 Å².